The molecule has 2 fully saturated rings. The van der Waals surface area contributed by atoms with E-state index in [-0.39, 0.29) is 5.91 Å². The summed E-state index contributed by atoms with van der Waals surface area (Å²) in [5.74, 6) is 5.91. The number of carbonyl (C=O) groups excluding carboxylic acids is 1. The smallest absolute Gasteiger partial charge is 0.238 e. The third-order valence-corrected chi connectivity index (χ3v) is 5.06. The van der Waals surface area contributed by atoms with Crippen LogP contribution in [0.25, 0.3) is 0 Å². The van der Waals surface area contributed by atoms with E-state index in [1.807, 2.05) is 12.1 Å². The fourth-order valence-corrected chi connectivity index (χ4v) is 3.93. The Morgan fingerprint density at radius 3 is 2.62 bits per heavy atom. The molecule has 3 N–H and O–H groups in total. The summed E-state index contributed by atoms with van der Waals surface area (Å²) in [7, 11) is 0. The van der Waals surface area contributed by atoms with Crippen molar-refractivity contribution >= 4 is 5.91 Å². The van der Waals surface area contributed by atoms with Crippen LogP contribution >= 0.6 is 0 Å². The number of likely N-dealkylation sites (tertiary alicyclic amines) is 1. The number of hydrazine groups is 1. The van der Waals surface area contributed by atoms with Gasteiger partial charge >= 0.3 is 0 Å². The van der Waals surface area contributed by atoms with Crippen LogP contribution in [-0.2, 0) is 17.8 Å². The number of nitrogens with one attached hydrogen (secondary N) is 1. The van der Waals surface area contributed by atoms with Gasteiger partial charge in [-0.3, -0.25) is 15.1 Å². The molecule has 0 spiro atoms. The van der Waals surface area contributed by atoms with Gasteiger partial charge in [-0.1, -0.05) is 37.1 Å². The van der Waals surface area contributed by atoms with Gasteiger partial charge in [0.15, 0.2) is 0 Å². The zero-order chi connectivity index (χ0) is 14.7. The molecule has 114 valence electrons. The lowest BCUT2D eigenvalue weighted by Gasteiger charge is -2.31. The van der Waals surface area contributed by atoms with E-state index < -0.39 is 0 Å². The van der Waals surface area contributed by atoms with Crippen LogP contribution in [-0.4, -0.2) is 23.4 Å². The monoisotopic (exact) mass is 287 g/mol. The van der Waals surface area contributed by atoms with Gasteiger partial charge in [-0.15, -0.1) is 0 Å². The minimum atomic E-state index is -0.146. The molecule has 1 heterocycles. The second-order valence-electron chi connectivity index (χ2n) is 6.43. The van der Waals surface area contributed by atoms with Gasteiger partial charge in [0.1, 0.15) is 0 Å². The highest BCUT2D eigenvalue weighted by Crippen LogP contribution is 2.36. The highest BCUT2D eigenvalue weighted by molar-refractivity contribution is 5.77. The molecule has 2 unspecified atom stereocenters. The van der Waals surface area contributed by atoms with Gasteiger partial charge in [-0.2, -0.15) is 0 Å². The van der Waals surface area contributed by atoms with Crippen LogP contribution in [0.5, 0.6) is 0 Å². The first kappa shape index (κ1) is 14.5. The van der Waals surface area contributed by atoms with Gasteiger partial charge in [-0.25, -0.2) is 5.84 Å². The number of carbonyl (C=O) groups is 1. The zero-order valence-electron chi connectivity index (χ0n) is 12.6. The number of benzene rings is 1. The first-order valence-corrected chi connectivity index (χ1v) is 8.07. The van der Waals surface area contributed by atoms with E-state index in [1.165, 1.54) is 44.2 Å². The number of nitrogens with two attached hydrogens (primary N) is 1. The summed E-state index contributed by atoms with van der Waals surface area (Å²) in [5, 5.41) is 0. The maximum Gasteiger partial charge on any atom is 0.238 e. The minimum Gasteiger partial charge on any atom is -0.296 e. The van der Waals surface area contributed by atoms with E-state index in [2.05, 4.69) is 22.5 Å². The van der Waals surface area contributed by atoms with Crippen molar-refractivity contribution < 1.29 is 4.79 Å². The molecule has 1 amide bonds. The second-order valence-corrected chi connectivity index (χ2v) is 6.43. The average molecular weight is 287 g/mol. The quantitative estimate of drug-likeness (QED) is 0.506. The number of hydrogen-bond acceptors (Lipinski definition) is 3. The molecule has 4 heteroatoms. The SMILES string of the molecule is NNC(=O)Cc1ccc(CN2CCC3CCCCC32)cc1. The van der Waals surface area contributed by atoms with Crippen LogP contribution in [0, 0.1) is 5.92 Å². The molecular weight excluding hydrogens is 262 g/mol. The molecule has 1 aliphatic carbocycles. The molecule has 1 aromatic rings. The highest BCUT2D eigenvalue weighted by atomic mass is 16.2. The Morgan fingerprint density at radius 1 is 1.14 bits per heavy atom. The van der Waals surface area contributed by atoms with Gasteiger partial charge in [0.05, 0.1) is 6.42 Å². The standard InChI is InChI=1S/C17H25N3O/c18-19-17(21)11-13-5-7-14(8-6-13)12-20-10-9-15-3-1-2-4-16(15)20/h5-8,15-16H,1-4,9-12,18H2,(H,19,21). The molecule has 1 saturated heterocycles. The molecule has 1 aromatic carbocycles. The summed E-state index contributed by atoms with van der Waals surface area (Å²) in [5.41, 5.74) is 4.53. The fraction of sp³-hybridized carbons (Fsp3) is 0.588. The molecule has 0 aromatic heterocycles. The molecule has 1 saturated carbocycles. The molecule has 1 aliphatic heterocycles. The van der Waals surface area contributed by atoms with Crippen molar-refractivity contribution in [3.8, 4) is 0 Å². The predicted octanol–water partition coefficient (Wildman–Crippen LogP) is 1.98. The van der Waals surface area contributed by atoms with Crippen LogP contribution in [0.3, 0.4) is 0 Å². The fourth-order valence-electron chi connectivity index (χ4n) is 3.93. The van der Waals surface area contributed by atoms with E-state index in [0.717, 1.165) is 24.1 Å². The molecule has 0 radical (unpaired) electrons. The van der Waals surface area contributed by atoms with Crippen molar-refractivity contribution in [3.05, 3.63) is 35.4 Å². The molecule has 2 aliphatic rings. The highest BCUT2D eigenvalue weighted by Gasteiger charge is 2.35. The third kappa shape index (κ3) is 3.44. The number of amides is 1. The van der Waals surface area contributed by atoms with Gasteiger partial charge in [0, 0.05) is 12.6 Å². The summed E-state index contributed by atoms with van der Waals surface area (Å²) in [6.07, 6.45) is 7.34. The molecule has 4 nitrogen and oxygen atoms in total. The summed E-state index contributed by atoms with van der Waals surface area (Å²) in [6.45, 7) is 2.29. The van der Waals surface area contributed by atoms with Crippen LogP contribution in [0.2, 0.25) is 0 Å². The number of nitrogens with zero attached hydrogens (tertiary/aromatic N) is 1. The van der Waals surface area contributed by atoms with E-state index in [9.17, 15) is 4.79 Å². The van der Waals surface area contributed by atoms with Gasteiger partial charge < -0.3 is 0 Å². The van der Waals surface area contributed by atoms with Crippen molar-refractivity contribution in [2.45, 2.75) is 51.1 Å². The predicted molar refractivity (Wildman–Crippen MR) is 83.2 cm³/mol. The van der Waals surface area contributed by atoms with E-state index >= 15 is 0 Å². The molecule has 3 rings (SSSR count). The number of hydrogen-bond donors (Lipinski definition) is 2. The van der Waals surface area contributed by atoms with E-state index in [4.69, 9.17) is 5.84 Å². The first-order valence-electron chi connectivity index (χ1n) is 8.07. The Kier molecular flexibility index (Phi) is 4.56. The van der Waals surface area contributed by atoms with Crippen molar-refractivity contribution in [2.75, 3.05) is 6.54 Å². The van der Waals surface area contributed by atoms with E-state index in [0.29, 0.717) is 6.42 Å². The van der Waals surface area contributed by atoms with Crippen molar-refractivity contribution in [2.24, 2.45) is 11.8 Å². The summed E-state index contributed by atoms with van der Waals surface area (Å²) in [6, 6.07) is 9.18. The van der Waals surface area contributed by atoms with Crippen LogP contribution in [0.15, 0.2) is 24.3 Å². The molecule has 2 atom stereocenters. The average Bonchev–Trinajstić information content (AvgIpc) is 2.92. The number of fused-ring (bicyclic) bond motifs is 1. The van der Waals surface area contributed by atoms with Gasteiger partial charge in [0.2, 0.25) is 5.91 Å². The molecule has 21 heavy (non-hydrogen) atoms. The lowest BCUT2D eigenvalue weighted by Crippen LogP contribution is -2.34. The zero-order valence-corrected chi connectivity index (χ0v) is 12.6. The van der Waals surface area contributed by atoms with E-state index in [1.54, 1.807) is 0 Å². The lowest BCUT2D eigenvalue weighted by atomic mass is 9.85. The minimum absolute atomic E-state index is 0.146. The van der Waals surface area contributed by atoms with Crippen molar-refractivity contribution in [1.82, 2.24) is 10.3 Å². The van der Waals surface area contributed by atoms with Crippen LogP contribution in [0.4, 0.5) is 0 Å². The Morgan fingerprint density at radius 2 is 1.86 bits per heavy atom. The third-order valence-electron chi connectivity index (χ3n) is 5.06. The summed E-state index contributed by atoms with van der Waals surface area (Å²) < 4.78 is 0. The van der Waals surface area contributed by atoms with Crippen LogP contribution < -0.4 is 11.3 Å². The summed E-state index contributed by atoms with van der Waals surface area (Å²) in [4.78, 5) is 13.9. The van der Waals surface area contributed by atoms with Crippen LogP contribution in [0.1, 0.15) is 43.2 Å². The topological polar surface area (TPSA) is 58.4 Å². The van der Waals surface area contributed by atoms with Crippen molar-refractivity contribution in [1.29, 1.82) is 0 Å². The van der Waals surface area contributed by atoms with Gasteiger partial charge in [-0.05, 0) is 42.9 Å². The summed E-state index contributed by atoms with van der Waals surface area (Å²) >= 11 is 0. The van der Waals surface area contributed by atoms with Crippen molar-refractivity contribution in [3.63, 3.8) is 0 Å². The Labute approximate surface area is 126 Å². The van der Waals surface area contributed by atoms with Gasteiger partial charge in [0.25, 0.3) is 0 Å². The second kappa shape index (κ2) is 6.58. The number of rotatable bonds is 4. The first-order chi connectivity index (χ1) is 10.3. The lowest BCUT2D eigenvalue weighted by molar-refractivity contribution is -0.120. The Bertz CT molecular complexity index is 485. The molecular formula is C17H25N3O. The molecule has 0 bridgehead atoms. The maximum atomic E-state index is 11.3. The largest absolute Gasteiger partial charge is 0.296 e. The Balaban J connectivity index is 1.59. The Hall–Kier alpha value is -1.39. The maximum absolute atomic E-state index is 11.3. The normalized spacial score (nSPS) is 25.6.